The molecule has 0 amide bonds. The molecule has 3 aromatic carbocycles. The molecule has 0 aliphatic heterocycles. The number of hydrogen-bond acceptors (Lipinski definition) is 8. The summed E-state index contributed by atoms with van der Waals surface area (Å²) in [6, 6.07) is 10.7. The van der Waals surface area contributed by atoms with E-state index in [0.717, 1.165) is 24.3 Å². The molecule has 0 fully saturated rings. The molecule has 3 aromatic heterocycles. The summed E-state index contributed by atoms with van der Waals surface area (Å²) in [5, 5.41) is 18.3. The molecule has 14 heteroatoms. The zero-order valence-corrected chi connectivity index (χ0v) is 22.8. The lowest BCUT2D eigenvalue weighted by atomic mass is 10.0. The first-order valence-corrected chi connectivity index (χ1v) is 13.1. The number of nitriles is 1. The van der Waals surface area contributed by atoms with Crippen LogP contribution >= 0.6 is 0 Å². The molecule has 0 saturated carbocycles. The number of fused-ring (bicyclic) bond motifs is 1. The molecular formula is C31H18F4N6O4. The van der Waals surface area contributed by atoms with Crippen molar-refractivity contribution < 1.29 is 36.6 Å². The Morgan fingerprint density at radius 2 is 1.76 bits per heavy atom. The minimum Gasteiger partial charge on any atom is -0.478 e. The molecular weight excluding hydrogens is 596 g/mol. The highest BCUT2D eigenvalue weighted by Crippen LogP contribution is 2.29. The average Bonchev–Trinajstić information content (AvgIpc) is 3.67. The van der Waals surface area contributed by atoms with Gasteiger partial charge in [0.2, 0.25) is 5.89 Å². The number of oxazole rings is 1. The number of hydrogen-bond donors (Lipinski definition) is 1. The van der Waals surface area contributed by atoms with Crippen molar-refractivity contribution in [2.24, 2.45) is 0 Å². The number of nitrogens with zero attached hydrogens (tertiary/aromatic N) is 6. The predicted molar refractivity (Wildman–Crippen MR) is 148 cm³/mol. The Labute approximate surface area is 250 Å². The van der Waals surface area contributed by atoms with Crippen molar-refractivity contribution in [1.29, 1.82) is 5.26 Å². The largest absolute Gasteiger partial charge is 0.478 e. The lowest BCUT2D eigenvalue weighted by molar-refractivity contribution is 0.0696. The Balaban J connectivity index is 1.30. The van der Waals surface area contributed by atoms with Gasteiger partial charge in [0.05, 0.1) is 34.6 Å². The second-order valence-electron chi connectivity index (χ2n) is 9.70. The maximum atomic E-state index is 15.5. The van der Waals surface area contributed by atoms with Crippen molar-refractivity contribution in [3.63, 3.8) is 0 Å². The van der Waals surface area contributed by atoms with E-state index in [-0.39, 0.29) is 81.8 Å². The smallest absolute Gasteiger partial charge is 0.335 e. The van der Waals surface area contributed by atoms with Crippen molar-refractivity contribution in [3.8, 4) is 23.3 Å². The summed E-state index contributed by atoms with van der Waals surface area (Å²) in [6.45, 7) is -0.362. The van der Waals surface area contributed by atoms with Crippen molar-refractivity contribution in [1.82, 2.24) is 24.5 Å². The zero-order valence-electron chi connectivity index (χ0n) is 22.8. The number of imidazole rings is 1. The van der Waals surface area contributed by atoms with Crippen LogP contribution in [0.3, 0.4) is 0 Å². The molecule has 0 spiro atoms. The van der Waals surface area contributed by atoms with Gasteiger partial charge in [0, 0.05) is 23.7 Å². The number of benzene rings is 3. The second kappa shape index (κ2) is 11.9. The standard InChI is InChI=1S/C31H18F4N6O4/c32-21-7-16(13-36)1-2-17(21)15-45-31-38-4-3-25(39-31)20-12-22(33)18(8-23(20)34)11-27-40-29-24(35)9-19(30(42)43)10-26(29)41(27)14-28-37-5-6-44-28/h1-10,12H,11,14-15H2,(H,42,43). The predicted octanol–water partition coefficient (Wildman–Crippen LogP) is 5.83. The molecule has 1 N–H and O–H groups in total. The lowest BCUT2D eigenvalue weighted by Gasteiger charge is -2.11. The van der Waals surface area contributed by atoms with Gasteiger partial charge in [0.15, 0.2) is 5.82 Å². The maximum absolute atomic E-state index is 15.5. The second-order valence-corrected chi connectivity index (χ2v) is 9.70. The van der Waals surface area contributed by atoms with E-state index in [4.69, 9.17) is 14.4 Å². The number of carboxylic acid groups (broad SMARTS) is 1. The van der Waals surface area contributed by atoms with E-state index >= 15 is 8.78 Å². The number of ether oxygens (including phenoxy) is 1. The number of aromatic nitrogens is 5. The van der Waals surface area contributed by atoms with Crippen LogP contribution in [0.2, 0.25) is 0 Å². The molecule has 0 atom stereocenters. The van der Waals surface area contributed by atoms with Gasteiger partial charge in [-0.3, -0.25) is 0 Å². The van der Waals surface area contributed by atoms with Crippen LogP contribution in [0.15, 0.2) is 71.6 Å². The molecule has 0 bridgehead atoms. The number of aromatic carboxylic acids is 1. The van der Waals surface area contributed by atoms with Crippen LogP contribution in [-0.4, -0.2) is 35.6 Å². The van der Waals surface area contributed by atoms with Crippen LogP contribution in [-0.2, 0) is 19.6 Å². The molecule has 6 rings (SSSR count). The number of rotatable bonds is 9. The van der Waals surface area contributed by atoms with E-state index in [1.807, 2.05) is 6.07 Å². The molecule has 45 heavy (non-hydrogen) atoms. The number of carboxylic acids is 1. The minimum atomic E-state index is -1.36. The highest BCUT2D eigenvalue weighted by atomic mass is 19.1. The number of carbonyl (C=O) groups is 1. The van der Waals surface area contributed by atoms with Gasteiger partial charge in [0.1, 0.15) is 48.2 Å². The maximum Gasteiger partial charge on any atom is 0.335 e. The van der Waals surface area contributed by atoms with Crippen LogP contribution < -0.4 is 4.74 Å². The van der Waals surface area contributed by atoms with Crippen molar-refractivity contribution in [2.75, 3.05) is 0 Å². The molecule has 0 aliphatic rings. The van der Waals surface area contributed by atoms with Gasteiger partial charge in [-0.15, -0.1) is 0 Å². The van der Waals surface area contributed by atoms with E-state index in [2.05, 4.69) is 19.9 Å². The fraction of sp³-hybridized carbons (Fsp3) is 0.0968. The van der Waals surface area contributed by atoms with E-state index in [9.17, 15) is 18.7 Å². The summed E-state index contributed by atoms with van der Waals surface area (Å²) in [6.07, 6.45) is 3.68. The van der Waals surface area contributed by atoms with Crippen LogP contribution in [0.5, 0.6) is 6.01 Å². The van der Waals surface area contributed by atoms with Gasteiger partial charge < -0.3 is 18.8 Å². The quantitative estimate of drug-likeness (QED) is 0.199. The Hall–Kier alpha value is -6.10. The minimum absolute atomic E-state index is 0.0114. The Bertz CT molecular complexity index is 2130. The van der Waals surface area contributed by atoms with Crippen LogP contribution in [0.1, 0.15) is 38.8 Å². The summed E-state index contributed by atoms with van der Waals surface area (Å²) in [4.78, 5) is 27.9. The summed E-state index contributed by atoms with van der Waals surface area (Å²) in [5.74, 6) is -4.29. The van der Waals surface area contributed by atoms with Crippen molar-refractivity contribution in [2.45, 2.75) is 19.6 Å². The van der Waals surface area contributed by atoms with Gasteiger partial charge >= 0.3 is 12.0 Å². The highest BCUT2D eigenvalue weighted by Gasteiger charge is 2.21. The summed E-state index contributed by atoms with van der Waals surface area (Å²) in [5.41, 5.74) is -0.445. The third-order valence-corrected chi connectivity index (χ3v) is 6.84. The van der Waals surface area contributed by atoms with Gasteiger partial charge in [-0.25, -0.2) is 37.3 Å². The summed E-state index contributed by atoms with van der Waals surface area (Å²) >= 11 is 0. The third kappa shape index (κ3) is 5.91. The average molecular weight is 615 g/mol. The van der Waals surface area contributed by atoms with Crippen LogP contribution in [0.25, 0.3) is 22.3 Å². The van der Waals surface area contributed by atoms with Crippen molar-refractivity contribution in [3.05, 3.63) is 124 Å². The summed E-state index contributed by atoms with van der Waals surface area (Å²) in [7, 11) is 0. The Morgan fingerprint density at radius 1 is 0.933 bits per heavy atom. The SMILES string of the molecule is N#Cc1ccc(COc2nccc(-c3cc(F)c(Cc4nc5c(F)cc(C(=O)O)cc5n4Cc4ncco4)cc3F)n2)c(F)c1. The van der Waals surface area contributed by atoms with Crippen molar-refractivity contribution >= 4 is 17.0 Å². The molecule has 0 saturated heterocycles. The van der Waals surface area contributed by atoms with Gasteiger partial charge in [0.25, 0.3) is 0 Å². The Morgan fingerprint density at radius 3 is 2.49 bits per heavy atom. The third-order valence-electron chi connectivity index (χ3n) is 6.84. The molecule has 10 nitrogen and oxygen atoms in total. The van der Waals surface area contributed by atoms with E-state index < -0.39 is 29.2 Å². The van der Waals surface area contributed by atoms with Crippen LogP contribution in [0, 0.1) is 34.6 Å². The monoisotopic (exact) mass is 614 g/mol. The van der Waals surface area contributed by atoms with Crippen LogP contribution in [0.4, 0.5) is 17.6 Å². The first-order chi connectivity index (χ1) is 21.7. The molecule has 0 radical (unpaired) electrons. The van der Waals surface area contributed by atoms with E-state index in [1.54, 1.807) is 0 Å². The summed E-state index contributed by atoms with van der Waals surface area (Å²) < 4.78 is 72.1. The van der Waals surface area contributed by atoms with Gasteiger partial charge in [-0.2, -0.15) is 10.2 Å². The molecule has 0 unspecified atom stereocenters. The van der Waals surface area contributed by atoms with Gasteiger partial charge in [-0.05, 0) is 48.0 Å². The lowest BCUT2D eigenvalue weighted by Crippen LogP contribution is -2.08. The normalized spacial score (nSPS) is 11.1. The van der Waals surface area contributed by atoms with Gasteiger partial charge in [-0.1, -0.05) is 6.07 Å². The molecule has 224 valence electrons. The first kappa shape index (κ1) is 29.0. The fourth-order valence-electron chi connectivity index (χ4n) is 4.66. The molecule has 3 heterocycles. The zero-order chi connectivity index (χ0) is 31.7. The number of halogens is 4. The topological polar surface area (TPSA) is 140 Å². The van der Waals surface area contributed by atoms with E-state index in [0.29, 0.717) is 0 Å². The first-order valence-electron chi connectivity index (χ1n) is 13.1. The fourth-order valence-corrected chi connectivity index (χ4v) is 4.66. The highest BCUT2D eigenvalue weighted by molar-refractivity contribution is 5.92. The molecule has 6 aromatic rings. The Kier molecular flexibility index (Phi) is 7.66. The molecule has 0 aliphatic carbocycles. The van der Waals surface area contributed by atoms with E-state index in [1.165, 1.54) is 47.5 Å².